The first-order valence-electron chi connectivity index (χ1n) is 7.27. The summed E-state index contributed by atoms with van der Waals surface area (Å²) in [5, 5.41) is 3.82. The van der Waals surface area contributed by atoms with Crippen molar-refractivity contribution in [2.45, 2.75) is 51.6 Å². The summed E-state index contributed by atoms with van der Waals surface area (Å²) >= 11 is 0. The van der Waals surface area contributed by atoms with Gasteiger partial charge in [0.2, 0.25) is 0 Å². The highest BCUT2D eigenvalue weighted by molar-refractivity contribution is 5.24. The largest absolute Gasteiger partial charge is 0.330 e. The molecule has 18 heavy (non-hydrogen) atoms. The van der Waals surface area contributed by atoms with Crippen LogP contribution < -0.4 is 11.1 Å². The SMILES string of the molecule is CCC(NC1CCCC1CN)c1ccc(C)cc1. The average molecular weight is 246 g/mol. The van der Waals surface area contributed by atoms with Crippen LogP contribution in [0.15, 0.2) is 24.3 Å². The van der Waals surface area contributed by atoms with Gasteiger partial charge in [0.1, 0.15) is 0 Å². The average Bonchev–Trinajstić information content (AvgIpc) is 2.84. The lowest BCUT2D eigenvalue weighted by atomic mass is 9.98. The number of aryl methyl sites for hydroxylation is 1. The van der Waals surface area contributed by atoms with Gasteiger partial charge in [-0.3, -0.25) is 0 Å². The number of hydrogen-bond donors (Lipinski definition) is 2. The molecule has 0 spiro atoms. The zero-order chi connectivity index (χ0) is 13.0. The molecule has 1 saturated carbocycles. The number of nitrogens with one attached hydrogen (secondary N) is 1. The number of nitrogens with two attached hydrogens (primary N) is 1. The molecule has 1 fully saturated rings. The molecule has 1 aromatic rings. The molecular weight excluding hydrogens is 220 g/mol. The highest BCUT2D eigenvalue weighted by Crippen LogP contribution is 2.28. The Balaban J connectivity index is 2.02. The second-order valence-corrected chi connectivity index (χ2v) is 5.57. The van der Waals surface area contributed by atoms with Crippen LogP contribution in [0.25, 0.3) is 0 Å². The molecule has 0 bridgehead atoms. The van der Waals surface area contributed by atoms with E-state index in [0.717, 1.165) is 13.0 Å². The molecule has 2 rings (SSSR count). The number of rotatable bonds is 5. The van der Waals surface area contributed by atoms with Crippen molar-refractivity contribution in [1.29, 1.82) is 0 Å². The Hall–Kier alpha value is -0.860. The maximum absolute atomic E-state index is 5.86. The molecule has 0 saturated heterocycles. The van der Waals surface area contributed by atoms with Crippen molar-refractivity contribution >= 4 is 0 Å². The molecule has 0 aromatic heterocycles. The predicted octanol–water partition coefficient (Wildman–Crippen LogP) is 3.16. The van der Waals surface area contributed by atoms with Gasteiger partial charge < -0.3 is 11.1 Å². The zero-order valence-corrected chi connectivity index (χ0v) is 11.7. The van der Waals surface area contributed by atoms with Gasteiger partial charge in [0, 0.05) is 12.1 Å². The van der Waals surface area contributed by atoms with Crippen LogP contribution >= 0.6 is 0 Å². The summed E-state index contributed by atoms with van der Waals surface area (Å²) < 4.78 is 0. The van der Waals surface area contributed by atoms with Crippen LogP contribution in [-0.2, 0) is 0 Å². The molecule has 1 aromatic carbocycles. The minimum Gasteiger partial charge on any atom is -0.330 e. The van der Waals surface area contributed by atoms with Gasteiger partial charge in [-0.2, -0.15) is 0 Å². The van der Waals surface area contributed by atoms with Gasteiger partial charge >= 0.3 is 0 Å². The van der Waals surface area contributed by atoms with Crippen LogP contribution in [0.5, 0.6) is 0 Å². The molecule has 1 aliphatic carbocycles. The maximum Gasteiger partial charge on any atom is 0.0320 e. The van der Waals surface area contributed by atoms with Crippen molar-refractivity contribution < 1.29 is 0 Å². The molecule has 0 heterocycles. The normalized spacial score (nSPS) is 25.3. The molecule has 2 nitrogen and oxygen atoms in total. The summed E-state index contributed by atoms with van der Waals surface area (Å²) in [5.74, 6) is 0.671. The van der Waals surface area contributed by atoms with Crippen LogP contribution in [0, 0.1) is 12.8 Å². The Kier molecular flexibility index (Phi) is 4.79. The molecule has 3 N–H and O–H groups in total. The van der Waals surface area contributed by atoms with E-state index < -0.39 is 0 Å². The first kappa shape index (κ1) is 13.6. The van der Waals surface area contributed by atoms with E-state index in [4.69, 9.17) is 5.73 Å². The van der Waals surface area contributed by atoms with Crippen LogP contribution in [0.3, 0.4) is 0 Å². The standard InChI is InChI=1S/C16H26N2/c1-3-15(13-9-7-12(2)8-10-13)18-16-6-4-5-14(16)11-17/h7-10,14-16,18H,3-6,11,17H2,1-2H3. The van der Waals surface area contributed by atoms with Crippen molar-refractivity contribution in [3.05, 3.63) is 35.4 Å². The van der Waals surface area contributed by atoms with E-state index in [9.17, 15) is 0 Å². The highest BCUT2D eigenvalue weighted by atomic mass is 15.0. The summed E-state index contributed by atoms with van der Waals surface area (Å²) in [4.78, 5) is 0. The quantitative estimate of drug-likeness (QED) is 0.837. The third-order valence-electron chi connectivity index (χ3n) is 4.27. The zero-order valence-electron chi connectivity index (χ0n) is 11.7. The van der Waals surface area contributed by atoms with Crippen LogP contribution in [0.2, 0.25) is 0 Å². The van der Waals surface area contributed by atoms with Crippen LogP contribution in [0.1, 0.15) is 49.8 Å². The topological polar surface area (TPSA) is 38.0 Å². The van der Waals surface area contributed by atoms with Crippen molar-refractivity contribution in [3.63, 3.8) is 0 Å². The lowest BCUT2D eigenvalue weighted by Crippen LogP contribution is -2.38. The third kappa shape index (κ3) is 3.12. The highest BCUT2D eigenvalue weighted by Gasteiger charge is 2.27. The smallest absolute Gasteiger partial charge is 0.0320 e. The van der Waals surface area contributed by atoms with Gasteiger partial charge in [-0.15, -0.1) is 0 Å². The minimum atomic E-state index is 0.475. The lowest BCUT2D eigenvalue weighted by Gasteiger charge is -2.26. The van der Waals surface area contributed by atoms with Gasteiger partial charge in [-0.05, 0) is 44.2 Å². The fraction of sp³-hybridized carbons (Fsp3) is 0.625. The Morgan fingerprint density at radius 1 is 1.28 bits per heavy atom. The van der Waals surface area contributed by atoms with E-state index >= 15 is 0 Å². The fourth-order valence-electron chi connectivity index (χ4n) is 3.05. The van der Waals surface area contributed by atoms with Crippen molar-refractivity contribution in [2.75, 3.05) is 6.54 Å². The Morgan fingerprint density at radius 2 is 2.00 bits per heavy atom. The summed E-state index contributed by atoms with van der Waals surface area (Å²) in [6, 6.07) is 10.00. The minimum absolute atomic E-state index is 0.475. The maximum atomic E-state index is 5.86. The Bertz CT molecular complexity index is 358. The molecule has 2 heteroatoms. The van der Waals surface area contributed by atoms with E-state index in [1.807, 2.05) is 0 Å². The van der Waals surface area contributed by atoms with Gasteiger partial charge in [-0.25, -0.2) is 0 Å². The summed E-state index contributed by atoms with van der Waals surface area (Å²) in [5.41, 5.74) is 8.60. The van der Waals surface area contributed by atoms with Gasteiger partial charge in [-0.1, -0.05) is 43.2 Å². The summed E-state index contributed by atoms with van der Waals surface area (Å²) in [6.45, 7) is 5.21. The summed E-state index contributed by atoms with van der Waals surface area (Å²) in [6.07, 6.45) is 5.03. The fourth-order valence-corrected chi connectivity index (χ4v) is 3.05. The van der Waals surface area contributed by atoms with Crippen molar-refractivity contribution in [1.82, 2.24) is 5.32 Å². The molecule has 3 atom stereocenters. The lowest BCUT2D eigenvalue weighted by molar-refractivity contribution is 0.357. The van der Waals surface area contributed by atoms with Crippen LogP contribution in [-0.4, -0.2) is 12.6 Å². The van der Waals surface area contributed by atoms with Gasteiger partial charge in [0.05, 0.1) is 0 Å². The third-order valence-corrected chi connectivity index (χ3v) is 4.27. The molecule has 1 aliphatic rings. The second-order valence-electron chi connectivity index (χ2n) is 5.57. The van der Waals surface area contributed by atoms with E-state index in [-0.39, 0.29) is 0 Å². The molecule has 3 unspecified atom stereocenters. The molecular formula is C16H26N2. The molecule has 100 valence electrons. The summed E-state index contributed by atoms with van der Waals surface area (Å²) in [7, 11) is 0. The Morgan fingerprint density at radius 3 is 2.61 bits per heavy atom. The predicted molar refractivity (Wildman–Crippen MR) is 77.5 cm³/mol. The number of benzene rings is 1. The first-order valence-corrected chi connectivity index (χ1v) is 7.27. The van der Waals surface area contributed by atoms with Crippen molar-refractivity contribution in [3.8, 4) is 0 Å². The molecule has 0 radical (unpaired) electrons. The first-order chi connectivity index (χ1) is 8.74. The second kappa shape index (κ2) is 6.35. The van der Waals surface area contributed by atoms with E-state index in [2.05, 4.69) is 43.4 Å². The van der Waals surface area contributed by atoms with Gasteiger partial charge in [0.25, 0.3) is 0 Å². The van der Waals surface area contributed by atoms with Crippen LogP contribution in [0.4, 0.5) is 0 Å². The van der Waals surface area contributed by atoms with Crippen molar-refractivity contribution in [2.24, 2.45) is 11.7 Å². The Labute approximate surface area is 111 Å². The molecule has 0 aliphatic heterocycles. The van der Waals surface area contributed by atoms with E-state index in [1.54, 1.807) is 0 Å². The van der Waals surface area contributed by atoms with E-state index in [0.29, 0.717) is 18.0 Å². The van der Waals surface area contributed by atoms with E-state index in [1.165, 1.54) is 30.4 Å². The molecule has 0 amide bonds. The monoisotopic (exact) mass is 246 g/mol. The number of hydrogen-bond acceptors (Lipinski definition) is 2. The van der Waals surface area contributed by atoms with Gasteiger partial charge in [0.15, 0.2) is 0 Å².